The number of benzene rings is 1. The highest BCUT2D eigenvalue weighted by molar-refractivity contribution is 14.1. The molecule has 2 fully saturated rings. The van der Waals surface area contributed by atoms with Gasteiger partial charge in [-0.15, -0.1) is 0 Å². The Labute approximate surface area is 196 Å². The van der Waals surface area contributed by atoms with Crippen LogP contribution in [-0.4, -0.2) is 60.6 Å². The molecular formula is C19H21ClIN5O5. The minimum Gasteiger partial charge on any atom is -0.481 e. The van der Waals surface area contributed by atoms with Gasteiger partial charge in [0, 0.05) is 38.4 Å². The summed E-state index contributed by atoms with van der Waals surface area (Å²) in [6.07, 6.45) is 0.510. The Morgan fingerprint density at radius 2 is 2.13 bits per heavy atom. The summed E-state index contributed by atoms with van der Waals surface area (Å²) >= 11 is 8.81. The Hall–Kier alpha value is -2.12. The lowest BCUT2D eigenvalue weighted by Crippen LogP contribution is -2.49. The molecule has 166 valence electrons. The van der Waals surface area contributed by atoms with E-state index < -0.39 is 17.6 Å². The predicted octanol–water partition coefficient (Wildman–Crippen LogP) is 2.24. The summed E-state index contributed by atoms with van der Waals surface area (Å²) < 4.78 is 1.50. The van der Waals surface area contributed by atoms with E-state index in [4.69, 9.17) is 16.7 Å². The second-order valence-electron chi connectivity index (χ2n) is 7.90. The molecule has 3 heterocycles. The molecule has 2 aliphatic heterocycles. The highest BCUT2D eigenvalue weighted by atomic mass is 127. The number of aliphatic hydroxyl groups is 1. The third kappa shape index (κ3) is 4.17. The maximum absolute atomic E-state index is 12.3. The molecule has 12 heteroatoms. The van der Waals surface area contributed by atoms with E-state index in [2.05, 4.69) is 33.0 Å². The molecule has 0 bridgehead atoms. The molecule has 2 unspecified atom stereocenters. The number of urea groups is 1. The number of piperidine rings is 1. The topological polar surface area (TPSA) is 128 Å². The summed E-state index contributed by atoms with van der Waals surface area (Å²) in [6, 6.07) is 3.12. The Balaban J connectivity index is 1.66. The molecule has 1 aromatic carbocycles. The van der Waals surface area contributed by atoms with Crippen LogP contribution >= 0.6 is 34.2 Å². The van der Waals surface area contributed by atoms with Gasteiger partial charge in [-0.05, 0) is 18.6 Å². The number of nitrogens with zero attached hydrogens (tertiary/aromatic N) is 4. The summed E-state index contributed by atoms with van der Waals surface area (Å²) in [5.74, 6) is -0.913. The lowest BCUT2D eigenvalue weighted by Gasteiger charge is -2.42. The van der Waals surface area contributed by atoms with E-state index in [0.29, 0.717) is 35.6 Å². The van der Waals surface area contributed by atoms with E-state index in [1.165, 1.54) is 4.90 Å². The monoisotopic (exact) mass is 561 g/mol. The van der Waals surface area contributed by atoms with Gasteiger partial charge in [-0.1, -0.05) is 34.2 Å². The second-order valence-corrected chi connectivity index (χ2v) is 9.74. The fraction of sp³-hybridized carbons (Fsp3) is 0.474. The molecule has 2 aromatic rings. The Bertz CT molecular complexity index is 1090. The minimum absolute atomic E-state index is 0.155. The highest BCUT2D eigenvalue weighted by Crippen LogP contribution is 2.41. The van der Waals surface area contributed by atoms with Gasteiger partial charge in [0.2, 0.25) is 5.91 Å². The lowest BCUT2D eigenvalue weighted by atomic mass is 9.88. The molecule has 3 N–H and O–H groups in total. The zero-order chi connectivity index (χ0) is 22.5. The zero-order valence-electron chi connectivity index (χ0n) is 16.6. The van der Waals surface area contributed by atoms with Crippen molar-refractivity contribution in [3.8, 4) is 0 Å². The van der Waals surface area contributed by atoms with E-state index in [1.807, 2.05) is 11.0 Å². The van der Waals surface area contributed by atoms with E-state index in [-0.39, 0.29) is 29.3 Å². The number of carbonyl (C=O) groups is 3. The number of anilines is 2. The molecule has 2 saturated heterocycles. The lowest BCUT2D eigenvalue weighted by molar-refractivity contribution is -0.143. The number of aryl methyl sites for hydroxylation is 1. The van der Waals surface area contributed by atoms with Crippen LogP contribution < -0.4 is 15.1 Å². The number of hydrogen-bond donors (Lipinski definition) is 3. The first-order valence-corrected chi connectivity index (χ1v) is 11.3. The van der Waals surface area contributed by atoms with E-state index in [9.17, 15) is 19.5 Å². The molecule has 1 aromatic heterocycles. The van der Waals surface area contributed by atoms with Crippen molar-refractivity contribution in [3.05, 3.63) is 17.2 Å². The number of rotatable bonds is 4. The van der Waals surface area contributed by atoms with Crippen LogP contribution in [-0.2, 0) is 16.6 Å². The fourth-order valence-corrected chi connectivity index (χ4v) is 5.81. The first kappa shape index (κ1) is 22.1. The van der Waals surface area contributed by atoms with Gasteiger partial charge < -0.3 is 15.1 Å². The third-order valence-electron chi connectivity index (χ3n) is 5.70. The maximum Gasteiger partial charge on any atom is 0.329 e. The number of carboxylic acids is 1. The molecular weight excluding hydrogens is 541 g/mol. The van der Waals surface area contributed by atoms with Crippen LogP contribution in [0.5, 0.6) is 0 Å². The normalized spacial score (nSPS) is 24.6. The van der Waals surface area contributed by atoms with E-state index in [0.717, 1.165) is 11.2 Å². The van der Waals surface area contributed by atoms with Gasteiger partial charge in [-0.3, -0.25) is 24.5 Å². The Morgan fingerprint density at radius 1 is 1.39 bits per heavy atom. The number of carbonyl (C=O) groups excluding carboxylic acids is 2. The summed E-state index contributed by atoms with van der Waals surface area (Å²) in [6.45, 7) is 0.685. The molecule has 4 rings (SSSR count). The SMILES string of the molecule is Cn1nc(N2CCC(=O)NC2=O)c2cc(Cl)c(N3CCC(O)(CC(=O)O)CC3I)cc21. The number of aromatic nitrogens is 2. The van der Waals surface area contributed by atoms with Crippen molar-refractivity contribution in [2.24, 2.45) is 7.05 Å². The van der Waals surface area contributed by atoms with Gasteiger partial charge >= 0.3 is 12.0 Å². The van der Waals surface area contributed by atoms with Gasteiger partial charge in [0.1, 0.15) is 0 Å². The van der Waals surface area contributed by atoms with Crippen LogP contribution in [0.25, 0.3) is 10.9 Å². The predicted molar refractivity (Wildman–Crippen MR) is 123 cm³/mol. The largest absolute Gasteiger partial charge is 0.481 e. The number of imide groups is 1. The quantitative estimate of drug-likeness (QED) is 0.297. The van der Waals surface area contributed by atoms with Crippen LogP contribution in [0.15, 0.2) is 12.1 Å². The molecule has 10 nitrogen and oxygen atoms in total. The van der Waals surface area contributed by atoms with Gasteiger partial charge in [0.25, 0.3) is 0 Å². The smallest absolute Gasteiger partial charge is 0.329 e. The molecule has 31 heavy (non-hydrogen) atoms. The standard InChI is InChI=1S/C19H21ClIN5O5/c1-24-12-7-13(25-5-3-19(31,8-14(25)21)9-16(28)29)11(20)6-10(12)17(23-24)26-4-2-15(27)22-18(26)30/h6-7,14,31H,2-5,8-9H2,1H3,(H,28,29)(H,22,27,30). The van der Waals surface area contributed by atoms with Crippen molar-refractivity contribution in [2.45, 2.75) is 35.3 Å². The number of nitrogens with one attached hydrogen (secondary N) is 1. The first-order chi connectivity index (χ1) is 14.6. The number of carboxylic acid groups (broad SMARTS) is 1. The van der Waals surface area contributed by atoms with Gasteiger partial charge in [0.15, 0.2) is 5.82 Å². The number of amides is 3. The maximum atomic E-state index is 12.3. The molecule has 2 aliphatic rings. The van der Waals surface area contributed by atoms with E-state index >= 15 is 0 Å². The molecule has 0 spiro atoms. The van der Waals surface area contributed by atoms with Gasteiger partial charge in [-0.2, -0.15) is 5.10 Å². The van der Waals surface area contributed by atoms with Crippen molar-refractivity contribution in [2.75, 3.05) is 22.9 Å². The summed E-state index contributed by atoms with van der Waals surface area (Å²) in [5, 5.41) is 27.6. The van der Waals surface area contributed by atoms with Crippen molar-refractivity contribution in [3.63, 3.8) is 0 Å². The van der Waals surface area contributed by atoms with Crippen LogP contribution in [0.2, 0.25) is 5.02 Å². The van der Waals surface area contributed by atoms with Crippen molar-refractivity contribution >= 4 is 74.5 Å². The van der Waals surface area contributed by atoms with Crippen molar-refractivity contribution in [1.82, 2.24) is 15.1 Å². The van der Waals surface area contributed by atoms with E-state index in [1.54, 1.807) is 17.8 Å². The summed E-state index contributed by atoms with van der Waals surface area (Å²) in [7, 11) is 1.76. The molecule has 3 amide bonds. The molecule has 2 atom stereocenters. The summed E-state index contributed by atoms with van der Waals surface area (Å²) in [4.78, 5) is 38.3. The number of halogens is 2. The Morgan fingerprint density at radius 3 is 2.77 bits per heavy atom. The van der Waals surface area contributed by atoms with Crippen LogP contribution in [0, 0.1) is 0 Å². The second kappa shape index (κ2) is 8.10. The fourth-order valence-electron chi connectivity index (χ4n) is 4.14. The number of aliphatic carboxylic acids is 1. The van der Waals surface area contributed by atoms with Crippen LogP contribution in [0.4, 0.5) is 16.3 Å². The molecule has 0 radical (unpaired) electrons. The number of hydrogen-bond acceptors (Lipinski definition) is 6. The molecule has 0 saturated carbocycles. The highest BCUT2D eigenvalue weighted by Gasteiger charge is 2.40. The molecule has 0 aliphatic carbocycles. The minimum atomic E-state index is -1.25. The van der Waals surface area contributed by atoms with Crippen LogP contribution in [0.1, 0.15) is 25.7 Å². The summed E-state index contributed by atoms with van der Waals surface area (Å²) in [5.41, 5.74) is 0.261. The third-order valence-corrected chi connectivity index (χ3v) is 7.12. The average molecular weight is 562 g/mol. The average Bonchev–Trinajstić information content (AvgIpc) is 2.96. The first-order valence-electron chi connectivity index (χ1n) is 9.70. The van der Waals surface area contributed by atoms with Crippen molar-refractivity contribution in [1.29, 1.82) is 0 Å². The number of alkyl halides is 1. The number of fused-ring (bicyclic) bond motifs is 1. The van der Waals surface area contributed by atoms with Crippen LogP contribution in [0.3, 0.4) is 0 Å². The zero-order valence-corrected chi connectivity index (χ0v) is 19.6. The Kier molecular flexibility index (Phi) is 5.77. The van der Waals surface area contributed by atoms with Gasteiger partial charge in [-0.25, -0.2) is 4.79 Å². The van der Waals surface area contributed by atoms with Gasteiger partial charge in [0.05, 0.1) is 32.3 Å². The van der Waals surface area contributed by atoms with Crippen molar-refractivity contribution < 1.29 is 24.6 Å².